The third-order valence-corrected chi connectivity index (χ3v) is 6.25. The van der Waals surface area contributed by atoms with Crippen molar-refractivity contribution in [1.29, 1.82) is 0 Å². The Morgan fingerprint density at radius 2 is 2.11 bits per heavy atom. The smallest absolute Gasteiger partial charge is 0.251 e. The van der Waals surface area contributed by atoms with E-state index in [9.17, 15) is 4.79 Å². The third kappa shape index (κ3) is 3.76. The minimum atomic E-state index is -0.0772. The average Bonchev–Trinajstić information content (AvgIpc) is 3.04. The molecule has 4 rings (SSSR count). The predicted molar refractivity (Wildman–Crippen MR) is 108 cm³/mol. The Bertz CT molecular complexity index is 833. The van der Waals surface area contributed by atoms with E-state index in [1.807, 2.05) is 6.07 Å². The Hall–Kier alpha value is -1.85. The van der Waals surface area contributed by atoms with Crippen molar-refractivity contribution in [1.82, 2.24) is 15.2 Å². The lowest BCUT2D eigenvalue weighted by Gasteiger charge is -2.40. The van der Waals surface area contributed by atoms with Crippen LogP contribution in [-0.4, -0.2) is 54.2 Å². The first-order valence-corrected chi connectivity index (χ1v) is 10.2. The van der Waals surface area contributed by atoms with Gasteiger partial charge in [-0.15, -0.1) is 0 Å². The number of nitrogens with zero attached hydrogens (tertiary/aromatic N) is 1. The van der Waals surface area contributed by atoms with E-state index in [-0.39, 0.29) is 11.4 Å². The fourth-order valence-electron chi connectivity index (χ4n) is 4.41. The van der Waals surface area contributed by atoms with E-state index in [2.05, 4.69) is 48.1 Å². The molecule has 1 aliphatic heterocycles. The highest BCUT2D eigenvalue weighted by atomic mass is 16.5. The Balaban J connectivity index is 1.48. The number of rotatable bonds is 4. The number of nitrogens with one attached hydrogen (secondary N) is 2. The molecule has 1 aromatic carbocycles. The third-order valence-electron chi connectivity index (χ3n) is 6.25. The lowest BCUT2D eigenvalue weighted by atomic mass is 9.87. The highest BCUT2D eigenvalue weighted by molar-refractivity contribution is 5.99. The number of aryl methyl sites for hydroxylation is 1. The van der Waals surface area contributed by atoms with Gasteiger partial charge in [0.15, 0.2) is 0 Å². The molecule has 1 fully saturated rings. The normalized spacial score (nSPS) is 21.2. The number of benzene rings is 1. The van der Waals surface area contributed by atoms with E-state index in [4.69, 9.17) is 4.74 Å². The van der Waals surface area contributed by atoms with Crippen LogP contribution in [0.1, 0.15) is 48.8 Å². The standard InChI is InChI=1S/C22H31N3O2/c1-15-4-6-19-17(12-15)18-13-16(5-7-20(18)24-19)21(26)23-14-22(2,3)25-8-10-27-11-9-25/h5,7,13,15,24H,4,6,8-12,14H2,1-3H3,(H,23,26). The van der Waals surface area contributed by atoms with Gasteiger partial charge in [0.05, 0.1) is 13.2 Å². The summed E-state index contributed by atoms with van der Waals surface area (Å²) in [5.41, 5.74) is 4.59. The molecule has 27 heavy (non-hydrogen) atoms. The molecule has 0 saturated carbocycles. The summed E-state index contributed by atoms with van der Waals surface area (Å²) < 4.78 is 5.44. The Morgan fingerprint density at radius 1 is 1.33 bits per heavy atom. The lowest BCUT2D eigenvalue weighted by molar-refractivity contribution is -0.00923. The number of morpholine rings is 1. The number of ether oxygens (including phenoxy) is 1. The number of carbonyl (C=O) groups is 1. The summed E-state index contributed by atoms with van der Waals surface area (Å²) in [5.74, 6) is 0.723. The van der Waals surface area contributed by atoms with Gasteiger partial charge in [0.25, 0.3) is 5.91 Å². The van der Waals surface area contributed by atoms with E-state index in [1.54, 1.807) is 0 Å². The van der Waals surface area contributed by atoms with E-state index in [0.29, 0.717) is 12.5 Å². The molecule has 0 radical (unpaired) electrons. The summed E-state index contributed by atoms with van der Waals surface area (Å²) >= 11 is 0. The fraction of sp³-hybridized carbons (Fsp3) is 0.591. The van der Waals surface area contributed by atoms with Crippen molar-refractivity contribution in [3.63, 3.8) is 0 Å². The molecule has 2 N–H and O–H groups in total. The summed E-state index contributed by atoms with van der Waals surface area (Å²) in [6.07, 6.45) is 3.45. The van der Waals surface area contributed by atoms with Crippen LogP contribution in [0.3, 0.4) is 0 Å². The summed E-state index contributed by atoms with van der Waals surface area (Å²) in [6.45, 7) is 10.7. The number of fused-ring (bicyclic) bond motifs is 3. The highest BCUT2D eigenvalue weighted by Crippen LogP contribution is 2.32. The summed E-state index contributed by atoms with van der Waals surface area (Å²) in [4.78, 5) is 18.8. The van der Waals surface area contributed by atoms with Crippen molar-refractivity contribution in [3.8, 4) is 0 Å². The number of carbonyl (C=O) groups excluding carboxylic acids is 1. The number of hydrogen-bond donors (Lipinski definition) is 2. The monoisotopic (exact) mass is 369 g/mol. The van der Waals surface area contributed by atoms with E-state index in [1.165, 1.54) is 23.1 Å². The first-order valence-electron chi connectivity index (χ1n) is 10.2. The SMILES string of the molecule is CC1CCc2[nH]c3ccc(C(=O)NCC(C)(C)N4CCOCC4)cc3c2C1. The fourth-order valence-corrected chi connectivity index (χ4v) is 4.41. The van der Waals surface area contributed by atoms with E-state index in [0.717, 1.165) is 50.2 Å². The second-order valence-electron chi connectivity index (χ2n) is 8.78. The molecular formula is C22H31N3O2. The zero-order valence-electron chi connectivity index (χ0n) is 16.7. The Kier molecular flexibility index (Phi) is 4.99. The molecule has 2 heterocycles. The number of hydrogen-bond acceptors (Lipinski definition) is 3. The second-order valence-corrected chi connectivity index (χ2v) is 8.78. The zero-order valence-corrected chi connectivity index (χ0v) is 16.7. The van der Waals surface area contributed by atoms with Crippen molar-refractivity contribution in [2.45, 2.75) is 45.6 Å². The number of aromatic amines is 1. The molecule has 1 aliphatic carbocycles. The maximum absolute atomic E-state index is 12.8. The van der Waals surface area contributed by atoms with Crippen molar-refractivity contribution in [2.75, 3.05) is 32.8 Å². The predicted octanol–water partition coefficient (Wildman–Crippen LogP) is 3.13. The highest BCUT2D eigenvalue weighted by Gasteiger charge is 2.29. The van der Waals surface area contributed by atoms with Crippen molar-refractivity contribution in [3.05, 3.63) is 35.0 Å². The average molecular weight is 370 g/mol. The minimum Gasteiger partial charge on any atom is -0.379 e. The van der Waals surface area contributed by atoms with Crippen LogP contribution in [0.4, 0.5) is 0 Å². The molecule has 1 atom stereocenters. The Morgan fingerprint density at radius 3 is 2.89 bits per heavy atom. The van der Waals surface area contributed by atoms with Crippen LogP contribution in [0, 0.1) is 5.92 Å². The minimum absolute atomic E-state index is 0.0112. The summed E-state index contributed by atoms with van der Waals surface area (Å²) in [6, 6.07) is 6.06. The molecule has 1 aromatic heterocycles. The van der Waals surface area contributed by atoms with Gasteiger partial charge in [0.1, 0.15) is 0 Å². The van der Waals surface area contributed by atoms with Crippen molar-refractivity contribution in [2.24, 2.45) is 5.92 Å². The number of aromatic nitrogens is 1. The van der Waals surface area contributed by atoms with Gasteiger partial charge in [-0.05, 0) is 62.8 Å². The van der Waals surface area contributed by atoms with E-state index < -0.39 is 0 Å². The van der Waals surface area contributed by atoms with Gasteiger partial charge >= 0.3 is 0 Å². The lowest BCUT2D eigenvalue weighted by Crippen LogP contribution is -2.55. The molecule has 5 nitrogen and oxygen atoms in total. The van der Waals surface area contributed by atoms with Gasteiger partial charge in [-0.25, -0.2) is 0 Å². The quantitative estimate of drug-likeness (QED) is 0.871. The summed E-state index contributed by atoms with van der Waals surface area (Å²) in [7, 11) is 0. The first-order chi connectivity index (χ1) is 12.9. The molecule has 0 spiro atoms. The van der Waals surface area contributed by atoms with Gasteiger partial charge in [-0.1, -0.05) is 6.92 Å². The van der Waals surface area contributed by atoms with Gasteiger partial charge < -0.3 is 15.0 Å². The van der Waals surface area contributed by atoms with Crippen LogP contribution in [0.5, 0.6) is 0 Å². The number of amides is 1. The maximum atomic E-state index is 12.8. The van der Waals surface area contributed by atoms with Crippen LogP contribution in [0.2, 0.25) is 0 Å². The van der Waals surface area contributed by atoms with Crippen molar-refractivity contribution < 1.29 is 9.53 Å². The van der Waals surface area contributed by atoms with Gasteiger partial charge in [-0.2, -0.15) is 0 Å². The largest absolute Gasteiger partial charge is 0.379 e. The zero-order chi connectivity index (χ0) is 19.0. The van der Waals surface area contributed by atoms with Crippen LogP contribution < -0.4 is 5.32 Å². The molecule has 1 unspecified atom stereocenters. The van der Waals surface area contributed by atoms with Crippen LogP contribution in [0.25, 0.3) is 10.9 Å². The second kappa shape index (κ2) is 7.28. The first kappa shape index (κ1) is 18.5. The molecule has 1 saturated heterocycles. The molecule has 2 aliphatic rings. The van der Waals surface area contributed by atoms with Gasteiger partial charge in [-0.3, -0.25) is 9.69 Å². The van der Waals surface area contributed by atoms with Crippen LogP contribution in [0.15, 0.2) is 18.2 Å². The van der Waals surface area contributed by atoms with Gasteiger partial charge in [0.2, 0.25) is 0 Å². The van der Waals surface area contributed by atoms with Crippen molar-refractivity contribution >= 4 is 16.8 Å². The molecule has 1 amide bonds. The topological polar surface area (TPSA) is 57.4 Å². The van der Waals surface area contributed by atoms with Crippen LogP contribution in [-0.2, 0) is 17.6 Å². The van der Waals surface area contributed by atoms with Crippen LogP contribution >= 0.6 is 0 Å². The summed E-state index contributed by atoms with van der Waals surface area (Å²) in [5, 5.41) is 4.37. The van der Waals surface area contributed by atoms with Gasteiger partial charge in [0, 0.05) is 47.3 Å². The molecule has 5 heteroatoms. The molecule has 0 bridgehead atoms. The molecule has 146 valence electrons. The molecule has 2 aromatic rings. The molecular weight excluding hydrogens is 338 g/mol. The maximum Gasteiger partial charge on any atom is 0.251 e. The van der Waals surface area contributed by atoms with E-state index >= 15 is 0 Å². The Labute approximate surface area is 161 Å². The number of H-pyrrole nitrogens is 1.